The van der Waals surface area contributed by atoms with E-state index in [0.29, 0.717) is 11.7 Å². The number of rotatable bonds is 3. The summed E-state index contributed by atoms with van der Waals surface area (Å²) in [7, 11) is 1.85. The van der Waals surface area contributed by atoms with Crippen molar-refractivity contribution in [3.8, 4) is 0 Å². The molecular weight excluding hydrogens is 182 g/mol. The third kappa shape index (κ3) is 1.86. The second-order valence-electron chi connectivity index (χ2n) is 3.70. The number of azo groups is 1. The van der Waals surface area contributed by atoms with Crippen LogP contribution in [0.1, 0.15) is 12.8 Å². The van der Waals surface area contributed by atoms with E-state index in [9.17, 15) is 9.59 Å². The van der Waals surface area contributed by atoms with Crippen LogP contribution in [0.2, 0.25) is 0 Å². The predicted octanol–water partition coefficient (Wildman–Crippen LogP) is 0.731. The van der Waals surface area contributed by atoms with Crippen molar-refractivity contribution in [1.82, 2.24) is 4.90 Å². The van der Waals surface area contributed by atoms with Gasteiger partial charge in [-0.1, -0.05) is 0 Å². The van der Waals surface area contributed by atoms with Gasteiger partial charge >= 0.3 is 5.91 Å². The van der Waals surface area contributed by atoms with Gasteiger partial charge in [-0.25, -0.2) is 0 Å². The zero-order valence-electron chi connectivity index (χ0n) is 7.93. The Bertz CT molecular complexity index is 342. The standard InChI is InChI=1S/C9H11N3O2/c1-12(5-6-2-3-6)8-4-7(13)9(14)11-10-8/h4,6H,2-3,5H2,1H3. The zero-order valence-corrected chi connectivity index (χ0v) is 7.93. The normalized spacial score (nSPS) is 21.1. The molecule has 0 atom stereocenters. The lowest BCUT2D eigenvalue weighted by molar-refractivity contribution is -0.133. The lowest BCUT2D eigenvalue weighted by Crippen LogP contribution is -2.23. The fraction of sp³-hybridized carbons (Fsp3) is 0.556. The number of hydrogen-bond donors (Lipinski definition) is 0. The summed E-state index contributed by atoms with van der Waals surface area (Å²) < 4.78 is 0. The number of amides is 1. The SMILES string of the molecule is CN(CC1CC1)C1=CC(=O)C(=O)N=N1. The van der Waals surface area contributed by atoms with Crippen LogP contribution < -0.4 is 0 Å². The Hall–Kier alpha value is -1.52. The molecule has 0 radical (unpaired) electrons. The van der Waals surface area contributed by atoms with E-state index in [0.717, 1.165) is 6.54 Å². The molecule has 2 rings (SSSR count). The Kier molecular flexibility index (Phi) is 2.15. The molecule has 0 aromatic heterocycles. The minimum Gasteiger partial charge on any atom is -0.358 e. The maximum absolute atomic E-state index is 11.0. The predicted molar refractivity (Wildman–Crippen MR) is 48.3 cm³/mol. The van der Waals surface area contributed by atoms with Crippen molar-refractivity contribution in [2.24, 2.45) is 16.1 Å². The molecule has 0 saturated heterocycles. The van der Waals surface area contributed by atoms with Gasteiger partial charge in [0.2, 0.25) is 0 Å². The average Bonchev–Trinajstić information content (AvgIpc) is 2.93. The summed E-state index contributed by atoms with van der Waals surface area (Å²) in [5.41, 5.74) is 0. The van der Waals surface area contributed by atoms with Gasteiger partial charge in [-0.05, 0) is 18.8 Å². The highest BCUT2D eigenvalue weighted by atomic mass is 16.2. The second-order valence-corrected chi connectivity index (χ2v) is 3.70. The first kappa shape index (κ1) is 9.05. The minimum atomic E-state index is -0.784. The zero-order chi connectivity index (χ0) is 10.1. The maximum atomic E-state index is 11.0. The highest BCUT2D eigenvalue weighted by Gasteiger charge is 2.25. The number of hydrogen-bond acceptors (Lipinski definition) is 4. The van der Waals surface area contributed by atoms with Crippen molar-refractivity contribution in [1.29, 1.82) is 0 Å². The van der Waals surface area contributed by atoms with Gasteiger partial charge in [-0.2, -0.15) is 0 Å². The van der Waals surface area contributed by atoms with Crippen molar-refractivity contribution in [3.63, 3.8) is 0 Å². The van der Waals surface area contributed by atoms with E-state index in [1.165, 1.54) is 18.9 Å². The molecule has 14 heavy (non-hydrogen) atoms. The molecule has 0 spiro atoms. The van der Waals surface area contributed by atoms with Gasteiger partial charge in [0.15, 0.2) is 5.82 Å². The Morgan fingerprint density at radius 1 is 1.43 bits per heavy atom. The molecule has 1 aliphatic carbocycles. The molecule has 5 nitrogen and oxygen atoms in total. The number of carbonyl (C=O) groups is 2. The van der Waals surface area contributed by atoms with Crippen molar-refractivity contribution in [2.75, 3.05) is 13.6 Å². The van der Waals surface area contributed by atoms with Crippen LogP contribution in [0.3, 0.4) is 0 Å². The van der Waals surface area contributed by atoms with Gasteiger partial charge in [0.1, 0.15) is 0 Å². The van der Waals surface area contributed by atoms with Crippen LogP contribution in [0.5, 0.6) is 0 Å². The van der Waals surface area contributed by atoms with Crippen LogP contribution in [0, 0.1) is 5.92 Å². The summed E-state index contributed by atoms with van der Waals surface area (Å²) in [5, 5.41) is 6.95. The lowest BCUT2D eigenvalue weighted by Gasteiger charge is -2.18. The molecule has 0 aromatic rings. The Balaban J connectivity index is 2.03. The third-order valence-electron chi connectivity index (χ3n) is 2.33. The summed E-state index contributed by atoms with van der Waals surface area (Å²) >= 11 is 0. The van der Waals surface area contributed by atoms with E-state index in [-0.39, 0.29) is 0 Å². The van der Waals surface area contributed by atoms with Crippen LogP contribution in [-0.4, -0.2) is 30.2 Å². The van der Waals surface area contributed by atoms with Crippen LogP contribution in [0.25, 0.3) is 0 Å². The first-order valence-corrected chi connectivity index (χ1v) is 4.59. The largest absolute Gasteiger partial charge is 0.358 e. The van der Waals surface area contributed by atoms with Crippen molar-refractivity contribution in [2.45, 2.75) is 12.8 Å². The Labute approximate surface area is 81.5 Å². The van der Waals surface area contributed by atoms with Crippen LogP contribution >= 0.6 is 0 Å². The molecule has 5 heteroatoms. The van der Waals surface area contributed by atoms with E-state index in [1.54, 1.807) is 0 Å². The molecule has 74 valence electrons. The molecule has 1 amide bonds. The maximum Gasteiger partial charge on any atom is 0.335 e. The van der Waals surface area contributed by atoms with E-state index >= 15 is 0 Å². The molecule has 1 fully saturated rings. The summed E-state index contributed by atoms with van der Waals surface area (Å²) in [6.45, 7) is 0.881. The molecule has 0 unspecified atom stereocenters. The molecule has 0 aromatic carbocycles. The minimum absolute atomic E-state index is 0.488. The quantitative estimate of drug-likeness (QED) is 0.621. The number of ketones is 1. The van der Waals surface area contributed by atoms with Crippen molar-refractivity contribution < 1.29 is 9.59 Å². The van der Waals surface area contributed by atoms with Gasteiger partial charge in [0, 0.05) is 19.7 Å². The van der Waals surface area contributed by atoms with Gasteiger partial charge in [0.25, 0.3) is 5.78 Å². The third-order valence-corrected chi connectivity index (χ3v) is 2.33. The first-order chi connectivity index (χ1) is 6.66. The average molecular weight is 193 g/mol. The summed E-state index contributed by atoms with van der Waals surface area (Å²) in [6.07, 6.45) is 3.72. The number of nitrogens with zero attached hydrogens (tertiary/aromatic N) is 3. The molecule has 1 heterocycles. The molecule has 0 bridgehead atoms. The van der Waals surface area contributed by atoms with Crippen LogP contribution in [-0.2, 0) is 9.59 Å². The summed E-state index contributed by atoms with van der Waals surface area (Å²) in [5.74, 6) is -0.170. The Morgan fingerprint density at radius 3 is 2.71 bits per heavy atom. The Morgan fingerprint density at radius 2 is 2.14 bits per heavy atom. The van der Waals surface area contributed by atoms with Crippen LogP contribution in [0.4, 0.5) is 0 Å². The van der Waals surface area contributed by atoms with E-state index in [1.807, 2.05) is 11.9 Å². The molecule has 0 N–H and O–H groups in total. The monoisotopic (exact) mass is 193 g/mol. The summed E-state index contributed by atoms with van der Waals surface area (Å²) in [6, 6.07) is 0. The number of carbonyl (C=O) groups excluding carboxylic acids is 2. The van der Waals surface area contributed by atoms with Gasteiger partial charge in [-0.3, -0.25) is 9.59 Å². The second kappa shape index (κ2) is 3.32. The van der Waals surface area contributed by atoms with Gasteiger partial charge in [0.05, 0.1) is 0 Å². The fourth-order valence-corrected chi connectivity index (χ4v) is 1.32. The van der Waals surface area contributed by atoms with Crippen molar-refractivity contribution >= 4 is 11.7 Å². The molecule has 2 aliphatic rings. The van der Waals surface area contributed by atoms with E-state index < -0.39 is 11.7 Å². The molecular formula is C9H11N3O2. The van der Waals surface area contributed by atoms with Gasteiger partial charge in [-0.15, -0.1) is 10.2 Å². The smallest absolute Gasteiger partial charge is 0.335 e. The lowest BCUT2D eigenvalue weighted by atomic mass is 10.3. The topological polar surface area (TPSA) is 62.1 Å². The highest BCUT2D eigenvalue weighted by molar-refractivity contribution is 6.41. The van der Waals surface area contributed by atoms with E-state index in [4.69, 9.17) is 0 Å². The van der Waals surface area contributed by atoms with Crippen LogP contribution in [0.15, 0.2) is 22.1 Å². The summed E-state index contributed by atoms with van der Waals surface area (Å²) in [4.78, 5) is 23.6. The van der Waals surface area contributed by atoms with Gasteiger partial charge < -0.3 is 4.90 Å². The first-order valence-electron chi connectivity index (χ1n) is 4.59. The molecule has 1 aliphatic heterocycles. The van der Waals surface area contributed by atoms with E-state index in [2.05, 4.69) is 10.2 Å². The highest BCUT2D eigenvalue weighted by Crippen LogP contribution is 2.30. The fourth-order valence-electron chi connectivity index (χ4n) is 1.32. The molecule has 1 saturated carbocycles. The van der Waals surface area contributed by atoms with Crippen molar-refractivity contribution in [3.05, 3.63) is 11.9 Å².